The Morgan fingerprint density at radius 3 is 2.94 bits per heavy atom. The van der Waals surface area contributed by atoms with Crippen molar-refractivity contribution in [1.29, 1.82) is 0 Å². The van der Waals surface area contributed by atoms with E-state index in [9.17, 15) is 0 Å². The van der Waals surface area contributed by atoms with Gasteiger partial charge < -0.3 is 10.3 Å². The maximum absolute atomic E-state index is 6.33. The Hall–Kier alpha value is -1.42. The zero-order valence-corrected chi connectivity index (χ0v) is 10.8. The number of aryl methyl sites for hydroxylation is 1. The van der Waals surface area contributed by atoms with Crippen molar-refractivity contribution in [2.24, 2.45) is 12.8 Å². The van der Waals surface area contributed by atoms with Crippen LogP contribution in [0, 0.1) is 0 Å². The van der Waals surface area contributed by atoms with Gasteiger partial charge in [0.05, 0.1) is 0 Å². The number of rotatable bonds is 1. The van der Waals surface area contributed by atoms with E-state index in [1.165, 1.54) is 19.3 Å². The standard InChI is InChI=1S/C14H20N4/c1-18-13(10-6-3-2-4-7-11(10)15)17-12-8-5-9-16-14(12)18/h5,8-11H,2-4,6-7,15H2,1H3. The van der Waals surface area contributed by atoms with Crippen LogP contribution in [0.25, 0.3) is 11.2 Å². The maximum atomic E-state index is 6.33. The molecule has 0 aliphatic heterocycles. The van der Waals surface area contributed by atoms with Gasteiger partial charge in [-0.3, -0.25) is 0 Å². The molecule has 1 aliphatic rings. The Morgan fingerprint density at radius 1 is 1.28 bits per heavy atom. The van der Waals surface area contributed by atoms with Crippen molar-refractivity contribution >= 4 is 11.2 Å². The minimum Gasteiger partial charge on any atom is -0.327 e. The molecular weight excluding hydrogens is 224 g/mol. The predicted octanol–water partition coefficient (Wildman–Crippen LogP) is 2.34. The van der Waals surface area contributed by atoms with Gasteiger partial charge in [-0.15, -0.1) is 0 Å². The van der Waals surface area contributed by atoms with Gasteiger partial charge in [0.1, 0.15) is 11.3 Å². The molecule has 0 aromatic carbocycles. The number of hydrogen-bond donors (Lipinski definition) is 1. The fourth-order valence-corrected chi connectivity index (χ4v) is 3.03. The van der Waals surface area contributed by atoms with Gasteiger partial charge in [0.15, 0.2) is 5.65 Å². The number of hydrogen-bond acceptors (Lipinski definition) is 3. The normalized spacial score (nSPS) is 25.2. The van der Waals surface area contributed by atoms with E-state index in [2.05, 4.69) is 16.6 Å². The Kier molecular flexibility index (Phi) is 3.04. The van der Waals surface area contributed by atoms with Crippen molar-refractivity contribution in [3.8, 4) is 0 Å². The highest BCUT2D eigenvalue weighted by Gasteiger charge is 2.26. The van der Waals surface area contributed by atoms with Crippen LogP contribution in [0.4, 0.5) is 0 Å². The minimum atomic E-state index is 0.239. The fraction of sp³-hybridized carbons (Fsp3) is 0.571. The third kappa shape index (κ3) is 1.90. The van der Waals surface area contributed by atoms with Crippen LogP contribution in [0.15, 0.2) is 18.3 Å². The van der Waals surface area contributed by atoms with Crippen LogP contribution in [-0.4, -0.2) is 20.6 Å². The van der Waals surface area contributed by atoms with Crippen LogP contribution in [0.5, 0.6) is 0 Å². The van der Waals surface area contributed by atoms with Gasteiger partial charge >= 0.3 is 0 Å². The summed E-state index contributed by atoms with van der Waals surface area (Å²) in [5.74, 6) is 1.49. The molecule has 1 fully saturated rings. The smallest absolute Gasteiger partial charge is 0.159 e. The second-order valence-electron chi connectivity index (χ2n) is 5.28. The van der Waals surface area contributed by atoms with E-state index in [1.807, 2.05) is 18.3 Å². The average molecular weight is 244 g/mol. The highest BCUT2D eigenvalue weighted by molar-refractivity contribution is 5.71. The molecule has 1 saturated carbocycles. The summed E-state index contributed by atoms with van der Waals surface area (Å²) in [5, 5.41) is 0. The number of fused-ring (bicyclic) bond motifs is 1. The largest absolute Gasteiger partial charge is 0.327 e. The van der Waals surface area contributed by atoms with E-state index < -0.39 is 0 Å². The van der Waals surface area contributed by atoms with Gasteiger partial charge in [0, 0.05) is 25.2 Å². The van der Waals surface area contributed by atoms with Gasteiger partial charge in [-0.1, -0.05) is 19.3 Å². The third-order valence-electron chi connectivity index (χ3n) is 4.06. The minimum absolute atomic E-state index is 0.239. The van der Waals surface area contributed by atoms with E-state index in [0.717, 1.165) is 29.8 Å². The molecule has 2 unspecified atom stereocenters. The summed E-state index contributed by atoms with van der Waals surface area (Å²) >= 11 is 0. The SMILES string of the molecule is Cn1c(C2CCCCCC2N)nc2cccnc21. The topological polar surface area (TPSA) is 56.7 Å². The lowest BCUT2D eigenvalue weighted by Crippen LogP contribution is -2.29. The molecule has 2 aromatic heterocycles. The van der Waals surface area contributed by atoms with Crippen LogP contribution in [0.3, 0.4) is 0 Å². The molecule has 2 aromatic rings. The van der Waals surface area contributed by atoms with Crippen molar-refractivity contribution in [2.75, 3.05) is 0 Å². The Bertz CT molecular complexity index is 546. The van der Waals surface area contributed by atoms with Gasteiger partial charge in [0.2, 0.25) is 0 Å². The van der Waals surface area contributed by atoms with Gasteiger partial charge in [-0.25, -0.2) is 9.97 Å². The Balaban J connectivity index is 2.04. The summed E-state index contributed by atoms with van der Waals surface area (Å²) in [7, 11) is 2.05. The molecule has 1 aliphatic carbocycles. The monoisotopic (exact) mass is 244 g/mol. The highest BCUT2D eigenvalue weighted by Crippen LogP contribution is 2.31. The van der Waals surface area contributed by atoms with E-state index >= 15 is 0 Å². The Labute approximate surface area is 107 Å². The number of aromatic nitrogens is 3. The maximum Gasteiger partial charge on any atom is 0.159 e. The molecule has 2 N–H and O–H groups in total. The van der Waals surface area contributed by atoms with Crippen molar-refractivity contribution < 1.29 is 0 Å². The van der Waals surface area contributed by atoms with Crippen molar-refractivity contribution in [2.45, 2.75) is 44.1 Å². The molecule has 0 radical (unpaired) electrons. The summed E-state index contributed by atoms with van der Waals surface area (Å²) < 4.78 is 2.12. The predicted molar refractivity (Wildman–Crippen MR) is 72.3 cm³/mol. The summed E-state index contributed by atoms with van der Waals surface area (Å²) in [6.07, 6.45) is 7.89. The molecule has 0 amide bonds. The first-order chi connectivity index (χ1) is 8.77. The summed E-state index contributed by atoms with van der Waals surface area (Å²) in [6, 6.07) is 4.20. The van der Waals surface area contributed by atoms with E-state index in [1.54, 1.807) is 0 Å². The average Bonchev–Trinajstić information content (AvgIpc) is 2.57. The van der Waals surface area contributed by atoms with E-state index in [-0.39, 0.29) is 6.04 Å². The zero-order valence-electron chi connectivity index (χ0n) is 10.8. The highest BCUT2D eigenvalue weighted by atomic mass is 15.1. The molecule has 0 saturated heterocycles. The number of imidazole rings is 1. The van der Waals surface area contributed by atoms with Gasteiger partial charge in [-0.2, -0.15) is 0 Å². The molecular formula is C14H20N4. The first-order valence-corrected chi connectivity index (χ1v) is 6.80. The van der Waals surface area contributed by atoms with Crippen LogP contribution in [-0.2, 0) is 7.05 Å². The molecule has 4 heteroatoms. The fourth-order valence-electron chi connectivity index (χ4n) is 3.03. The van der Waals surface area contributed by atoms with Crippen LogP contribution < -0.4 is 5.73 Å². The van der Waals surface area contributed by atoms with Crippen molar-refractivity contribution in [1.82, 2.24) is 14.5 Å². The zero-order chi connectivity index (χ0) is 12.5. The lowest BCUT2D eigenvalue weighted by molar-refractivity contribution is 0.474. The number of nitrogens with two attached hydrogens (primary N) is 1. The lowest BCUT2D eigenvalue weighted by Gasteiger charge is -2.20. The Morgan fingerprint density at radius 2 is 2.11 bits per heavy atom. The summed E-state index contributed by atoms with van der Waals surface area (Å²) in [6.45, 7) is 0. The molecule has 96 valence electrons. The lowest BCUT2D eigenvalue weighted by atomic mass is 9.95. The van der Waals surface area contributed by atoms with Crippen molar-refractivity contribution in [3.63, 3.8) is 0 Å². The van der Waals surface area contributed by atoms with E-state index in [4.69, 9.17) is 10.7 Å². The summed E-state index contributed by atoms with van der Waals surface area (Å²) in [5.41, 5.74) is 8.27. The second-order valence-corrected chi connectivity index (χ2v) is 5.28. The molecule has 3 rings (SSSR count). The van der Waals surface area contributed by atoms with Crippen molar-refractivity contribution in [3.05, 3.63) is 24.2 Å². The summed E-state index contributed by atoms with van der Waals surface area (Å²) in [4.78, 5) is 9.15. The number of pyridine rings is 1. The van der Waals surface area contributed by atoms with Gasteiger partial charge in [0.25, 0.3) is 0 Å². The quantitative estimate of drug-likeness (QED) is 0.783. The molecule has 0 spiro atoms. The molecule has 0 bridgehead atoms. The van der Waals surface area contributed by atoms with Crippen LogP contribution >= 0.6 is 0 Å². The first-order valence-electron chi connectivity index (χ1n) is 6.80. The molecule has 4 nitrogen and oxygen atoms in total. The van der Waals surface area contributed by atoms with Crippen LogP contribution in [0.2, 0.25) is 0 Å². The van der Waals surface area contributed by atoms with Crippen LogP contribution in [0.1, 0.15) is 43.8 Å². The first kappa shape index (κ1) is 11.7. The molecule has 2 atom stereocenters. The molecule has 18 heavy (non-hydrogen) atoms. The van der Waals surface area contributed by atoms with Gasteiger partial charge in [-0.05, 0) is 25.0 Å². The van der Waals surface area contributed by atoms with E-state index in [0.29, 0.717) is 5.92 Å². The third-order valence-corrected chi connectivity index (χ3v) is 4.06. The second kappa shape index (κ2) is 4.69. The molecule has 2 heterocycles. The number of nitrogens with zero attached hydrogens (tertiary/aromatic N) is 3.